The van der Waals surface area contributed by atoms with Gasteiger partial charge in [0.1, 0.15) is 0 Å². The Morgan fingerprint density at radius 1 is 1.36 bits per heavy atom. The molecule has 2 aliphatic carbocycles. The average Bonchev–Trinajstić information content (AvgIpc) is 2.86. The Hall–Kier alpha value is -0.0200. The second-order valence-corrected chi connectivity index (χ2v) is 7.44. The molecular formula is C10H15ClO2S. The third-order valence-corrected chi connectivity index (χ3v) is 5.95. The summed E-state index contributed by atoms with van der Waals surface area (Å²) in [6.07, 6.45) is 9.85. The van der Waals surface area contributed by atoms with E-state index in [1.54, 1.807) is 0 Å². The van der Waals surface area contributed by atoms with E-state index < -0.39 is 13.8 Å². The van der Waals surface area contributed by atoms with Crippen molar-refractivity contribution in [3.8, 4) is 0 Å². The molecule has 0 amide bonds. The van der Waals surface area contributed by atoms with E-state index in [1.807, 2.05) is 0 Å². The van der Waals surface area contributed by atoms with Crippen molar-refractivity contribution in [1.82, 2.24) is 0 Å². The normalized spacial score (nSPS) is 30.2. The smallest absolute Gasteiger partial charge is 0.212 e. The van der Waals surface area contributed by atoms with Gasteiger partial charge < -0.3 is 0 Å². The van der Waals surface area contributed by atoms with Crippen LogP contribution in [0.4, 0.5) is 0 Å². The number of hydrogen-bond donors (Lipinski definition) is 0. The van der Waals surface area contributed by atoms with Crippen molar-refractivity contribution < 1.29 is 8.42 Å². The maximum absolute atomic E-state index is 11.3. The zero-order chi connectivity index (χ0) is 10.2. The van der Waals surface area contributed by atoms with Crippen molar-refractivity contribution in [1.29, 1.82) is 0 Å². The van der Waals surface area contributed by atoms with Gasteiger partial charge in [0.25, 0.3) is 0 Å². The van der Waals surface area contributed by atoms with Crippen LogP contribution in [0.25, 0.3) is 0 Å². The molecular weight excluding hydrogens is 220 g/mol. The fourth-order valence-electron chi connectivity index (χ4n) is 2.25. The maximum atomic E-state index is 11.3. The Labute approximate surface area is 89.8 Å². The highest BCUT2D eigenvalue weighted by atomic mass is 35.7. The molecule has 1 unspecified atom stereocenters. The number of hydrogen-bond acceptors (Lipinski definition) is 2. The molecule has 0 aromatic carbocycles. The van der Waals surface area contributed by atoms with E-state index in [1.165, 1.54) is 0 Å². The minimum absolute atomic E-state index is 0.524. The van der Waals surface area contributed by atoms with Gasteiger partial charge >= 0.3 is 0 Å². The molecule has 80 valence electrons. The van der Waals surface area contributed by atoms with Crippen LogP contribution in [-0.4, -0.2) is 13.2 Å². The monoisotopic (exact) mass is 234 g/mol. The zero-order valence-corrected chi connectivity index (χ0v) is 9.65. The van der Waals surface area contributed by atoms with Gasteiger partial charge in [0, 0.05) is 10.7 Å². The SMILES string of the molecule is O=S(=O)(Cl)C1(CC2CC=CCC2)CC1. The highest BCUT2D eigenvalue weighted by molar-refractivity contribution is 8.15. The summed E-state index contributed by atoms with van der Waals surface area (Å²) in [6.45, 7) is 0. The molecule has 2 nitrogen and oxygen atoms in total. The first-order chi connectivity index (χ1) is 6.54. The lowest BCUT2D eigenvalue weighted by molar-refractivity contribution is 0.425. The van der Waals surface area contributed by atoms with E-state index in [-0.39, 0.29) is 0 Å². The van der Waals surface area contributed by atoms with Crippen LogP contribution in [0.1, 0.15) is 38.5 Å². The molecule has 0 bridgehead atoms. The van der Waals surface area contributed by atoms with Crippen LogP contribution in [0.3, 0.4) is 0 Å². The summed E-state index contributed by atoms with van der Waals surface area (Å²) in [5, 5.41) is 0. The van der Waals surface area contributed by atoms with Gasteiger partial charge in [-0.15, -0.1) is 0 Å². The van der Waals surface area contributed by atoms with E-state index in [9.17, 15) is 8.42 Å². The fraction of sp³-hybridized carbons (Fsp3) is 0.800. The van der Waals surface area contributed by atoms with Gasteiger partial charge in [0.2, 0.25) is 9.05 Å². The molecule has 0 heterocycles. The van der Waals surface area contributed by atoms with E-state index >= 15 is 0 Å². The van der Waals surface area contributed by atoms with E-state index in [4.69, 9.17) is 10.7 Å². The molecule has 1 fully saturated rings. The van der Waals surface area contributed by atoms with E-state index in [0.29, 0.717) is 5.92 Å². The molecule has 0 saturated heterocycles. The van der Waals surface area contributed by atoms with Crippen molar-refractivity contribution in [3.05, 3.63) is 12.2 Å². The molecule has 14 heavy (non-hydrogen) atoms. The maximum Gasteiger partial charge on any atom is 0.238 e. The largest absolute Gasteiger partial charge is 0.238 e. The van der Waals surface area contributed by atoms with Crippen molar-refractivity contribution >= 4 is 19.7 Å². The molecule has 1 saturated carbocycles. The van der Waals surface area contributed by atoms with Crippen LogP contribution >= 0.6 is 10.7 Å². The van der Waals surface area contributed by atoms with E-state index in [2.05, 4.69) is 12.2 Å². The molecule has 4 heteroatoms. The van der Waals surface area contributed by atoms with Crippen molar-refractivity contribution in [2.75, 3.05) is 0 Å². The van der Waals surface area contributed by atoms with Crippen molar-refractivity contribution in [2.24, 2.45) is 5.92 Å². The molecule has 0 aliphatic heterocycles. The highest BCUT2D eigenvalue weighted by Gasteiger charge is 2.54. The third-order valence-electron chi connectivity index (χ3n) is 3.36. The lowest BCUT2D eigenvalue weighted by Gasteiger charge is -2.21. The summed E-state index contributed by atoms with van der Waals surface area (Å²) in [6, 6.07) is 0. The number of allylic oxidation sites excluding steroid dienone is 2. The minimum atomic E-state index is -3.34. The molecule has 0 spiro atoms. The van der Waals surface area contributed by atoms with Gasteiger partial charge in [-0.2, -0.15) is 0 Å². The Balaban J connectivity index is 2.01. The summed E-state index contributed by atoms with van der Waals surface area (Å²) in [5.41, 5.74) is 0. The van der Waals surface area contributed by atoms with Crippen LogP contribution in [0.15, 0.2) is 12.2 Å². The average molecular weight is 235 g/mol. The number of halogens is 1. The van der Waals surface area contributed by atoms with Crippen molar-refractivity contribution in [2.45, 2.75) is 43.3 Å². The van der Waals surface area contributed by atoms with Gasteiger partial charge in [-0.25, -0.2) is 8.42 Å². The quantitative estimate of drug-likeness (QED) is 0.556. The predicted molar refractivity (Wildman–Crippen MR) is 57.8 cm³/mol. The first-order valence-corrected chi connectivity index (χ1v) is 7.44. The second-order valence-electron chi connectivity index (χ2n) is 4.48. The van der Waals surface area contributed by atoms with E-state index in [0.717, 1.165) is 38.5 Å². The highest BCUT2D eigenvalue weighted by Crippen LogP contribution is 2.51. The molecule has 0 aromatic rings. The minimum Gasteiger partial charge on any atom is -0.212 e. The van der Waals surface area contributed by atoms with Crippen LogP contribution in [0.5, 0.6) is 0 Å². The summed E-state index contributed by atoms with van der Waals surface area (Å²) < 4.78 is 22.1. The van der Waals surface area contributed by atoms with Crippen LogP contribution < -0.4 is 0 Å². The van der Waals surface area contributed by atoms with Gasteiger partial charge in [0.15, 0.2) is 0 Å². The zero-order valence-electron chi connectivity index (χ0n) is 8.08. The first kappa shape index (κ1) is 10.5. The Morgan fingerprint density at radius 2 is 2.07 bits per heavy atom. The third kappa shape index (κ3) is 1.98. The molecule has 0 radical (unpaired) electrons. The topological polar surface area (TPSA) is 34.1 Å². The lowest BCUT2D eigenvalue weighted by atomic mass is 9.89. The molecule has 2 aliphatic rings. The van der Waals surface area contributed by atoms with Gasteiger partial charge in [-0.05, 0) is 44.4 Å². The first-order valence-electron chi connectivity index (χ1n) is 5.13. The summed E-state index contributed by atoms with van der Waals surface area (Å²) >= 11 is 0. The Morgan fingerprint density at radius 3 is 2.50 bits per heavy atom. The number of rotatable bonds is 3. The van der Waals surface area contributed by atoms with Gasteiger partial charge in [0.05, 0.1) is 4.75 Å². The summed E-state index contributed by atoms with van der Waals surface area (Å²) in [7, 11) is 2.12. The molecule has 0 N–H and O–H groups in total. The predicted octanol–water partition coefficient (Wildman–Crippen LogP) is 2.83. The standard InChI is InChI=1S/C10H15ClO2S/c11-14(12,13)10(6-7-10)8-9-4-2-1-3-5-9/h1-2,9H,3-8H2. The summed E-state index contributed by atoms with van der Waals surface area (Å²) in [4.78, 5) is 0. The van der Waals surface area contributed by atoms with Gasteiger partial charge in [-0.3, -0.25) is 0 Å². The molecule has 0 aromatic heterocycles. The van der Waals surface area contributed by atoms with Gasteiger partial charge in [-0.1, -0.05) is 12.2 Å². The Bertz CT molecular complexity index is 341. The second kappa shape index (κ2) is 3.53. The van der Waals surface area contributed by atoms with Crippen LogP contribution in [0, 0.1) is 5.92 Å². The van der Waals surface area contributed by atoms with Crippen LogP contribution in [0.2, 0.25) is 0 Å². The molecule has 2 rings (SSSR count). The fourth-order valence-corrected chi connectivity index (χ4v) is 3.93. The Kier molecular flexibility index (Phi) is 2.64. The van der Waals surface area contributed by atoms with Crippen LogP contribution in [-0.2, 0) is 9.05 Å². The summed E-state index contributed by atoms with van der Waals surface area (Å²) in [5.74, 6) is 0.524. The van der Waals surface area contributed by atoms with Crippen molar-refractivity contribution in [3.63, 3.8) is 0 Å². The molecule has 1 atom stereocenters. The lowest BCUT2D eigenvalue weighted by Crippen LogP contribution is -2.22.